The molecular formula is C63H54BN. The van der Waals surface area contributed by atoms with Crippen LogP contribution in [0.2, 0.25) is 0 Å². The van der Waals surface area contributed by atoms with Gasteiger partial charge in [0, 0.05) is 22.5 Å². The topological polar surface area (TPSA) is 3.24 Å². The van der Waals surface area contributed by atoms with Crippen LogP contribution in [0.1, 0.15) is 105 Å². The summed E-state index contributed by atoms with van der Waals surface area (Å²) in [5.41, 5.74) is 25.0. The van der Waals surface area contributed by atoms with Crippen molar-refractivity contribution in [2.75, 3.05) is 4.90 Å². The molecule has 8 aromatic rings. The fraction of sp³-hybridized carbons (Fsp3) is 0.206. The molecule has 12 rings (SSSR count). The monoisotopic (exact) mass is 835 g/mol. The molecule has 0 aromatic heterocycles. The Balaban J connectivity index is 1.09. The molecule has 1 nitrogen and oxygen atoms in total. The van der Waals surface area contributed by atoms with Crippen LogP contribution in [-0.2, 0) is 27.0 Å². The number of rotatable bonds is 5. The summed E-state index contributed by atoms with van der Waals surface area (Å²) in [7, 11) is 6.47. The first-order chi connectivity index (χ1) is 31.1. The summed E-state index contributed by atoms with van der Waals surface area (Å²) >= 11 is 0. The highest BCUT2D eigenvalue weighted by atomic mass is 15.1. The number of anilines is 3. The Hall–Kier alpha value is -6.64. The smallest absolute Gasteiger partial charge is 0.0923 e. The van der Waals surface area contributed by atoms with Gasteiger partial charge in [0.15, 0.2) is 0 Å². The molecule has 0 saturated carbocycles. The molecule has 0 fully saturated rings. The molecule has 65 heavy (non-hydrogen) atoms. The van der Waals surface area contributed by atoms with Gasteiger partial charge in [-0.05, 0) is 147 Å². The van der Waals surface area contributed by atoms with Gasteiger partial charge in [0.1, 0.15) is 0 Å². The van der Waals surface area contributed by atoms with E-state index in [4.69, 9.17) is 7.85 Å². The molecule has 0 N–H and O–H groups in total. The van der Waals surface area contributed by atoms with E-state index < -0.39 is 10.7 Å². The molecule has 4 aliphatic carbocycles. The third kappa shape index (κ3) is 5.78. The van der Waals surface area contributed by atoms with Crippen molar-refractivity contribution in [2.24, 2.45) is 0 Å². The second kappa shape index (κ2) is 13.5. The first-order valence-corrected chi connectivity index (χ1v) is 23.4. The van der Waals surface area contributed by atoms with E-state index in [1.54, 1.807) is 0 Å². The van der Waals surface area contributed by atoms with Crippen molar-refractivity contribution in [1.82, 2.24) is 0 Å². The average molecular weight is 836 g/mol. The Kier molecular flexibility index (Phi) is 8.27. The van der Waals surface area contributed by atoms with E-state index in [2.05, 4.69) is 242 Å². The van der Waals surface area contributed by atoms with Crippen LogP contribution < -0.4 is 4.90 Å². The zero-order chi connectivity index (χ0) is 44.8. The molecule has 0 amide bonds. The molecular weight excluding hydrogens is 782 g/mol. The molecule has 1 spiro atoms. The highest BCUT2D eigenvalue weighted by Gasteiger charge is 2.52. The maximum absolute atomic E-state index is 6.47. The number of nitrogens with zero attached hydrogens (tertiary/aromatic N) is 1. The van der Waals surface area contributed by atoms with E-state index in [0.29, 0.717) is 0 Å². The van der Waals surface area contributed by atoms with Gasteiger partial charge in [0.2, 0.25) is 0 Å². The predicted octanol–water partition coefficient (Wildman–Crippen LogP) is 16.0. The Morgan fingerprint density at radius 3 is 1.31 bits per heavy atom. The highest BCUT2D eigenvalue weighted by Crippen LogP contribution is 2.64. The normalized spacial score (nSPS) is 16.1. The van der Waals surface area contributed by atoms with Gasteiger partial charge in [-0.2, -0.15) is 0 Å². The van der Waals surface area contributed by atoms with Crippen molar-refractivity contribution in [1.29, 1.82) is 0 Å². The molecule has 0 aliphatic heterocycles. The van der Waals surface area contributed by atoms with Crippen molar-refractivity contribution in [3.63, 3.8) is 0 Å². The number of fused-ring (bicyclic) bond motifs is 13. The van der Waals surface area contributed by atoms with Crippen LogP contribution in [0, 0.1) is 0 Å². The van der Waals surface area contributed by atoms with Crippen molar-refractivity contribution >= 4 is 24.9 Å². The number of hydrogen-bond acceptors (Lipinski definition) is 1. The summed E-state index contributed by atoms with van der Waals surface area (Å²) in [5, 5.41) is -0.392. The quantitative estimate of drug-likeness (QED) is 0.123. The van der Waals surface area contributed by atoms with Crippen molar-refractivity contribution in [3.05, 3.63) is 232 Å². The second-order valence-electron chi connectivity index (χ2n) is 21.7. The molecule has 0 bridgehead atoms. The highest BCUT2D eigenvalue weighted by molar-refractivity contribution is 6.22. The fourth-order valence-corrected chi connectivity index (χ4v) is 11.6. The first kappa shape index (κ1) is 39.9. The van der Waals surface area contributed by atoms with E-state index in [-0.39, 0.29) is 16.2 Å². The van der Waals surface area contributed by atoms with Crippen molar-refractivity contribution in [2.45, 2.75) is 82.4 Å². The average Bonchev–Trinajstić information content (AvgIpc) is 3.83. The lowest BCUT2D eigenvalue weighted by Crippen LogP contribution is -2.27. The van der Waals surface area contributed by atoms with Gasteiger partial charge in [-0.15, -0.1) is 0 Å². The third-order valence-corrected chi connectivity index (χ3v) is 15.4. The summed E-state index contributed by atoms with van der Waals surface area (Å²) in [5.74, 6) is 0. The molecule has 2 heteroatoms. The lowest BCUT2D eigenvalue weighted by atomic mass is 9.68. The lowest BCUT2D eigenvalue weighted by molar-refractivity contribution is 0.586. The maximum Gasteiger partial charge on any atom is 0.0923 e. The summed E-state index contributed by atoms with van der Waals surface area (Å²) in [6, 6.07) is 65.1. The minimum absolute atomic E-state index is 0.0165. The van der Waals surface area contributed by atoms with Gasteiger partial charge < -0.3 is 4.90 Å². The van der Waals surface area contributed by atoms with E-state index >= 15 is 0 Å². The van der Waals surface area contributed by atoms with Crippen LogP contribution in [0.15, 0.2) is 182 Å². The van der Waals surface area contributed by atoms with Crippen molar-refractivity contribution in [3.8, 4) is 44.5 Å². The maximum atomic E-state index is 6.47. The third-order valence-electron chi connectivity index (χ3n) is 15.4. The molecule has 314 valence electrons. The summed E-state index contributed by atoms with van der Waals surface area (Å²) in [6.07, 6.45) is 4.11. The molecule has 0 atom stereocenters. The van der Waals surface area contributed by atoms with Crippen LogP contribution in [0.5, 0.6) is 0 Å². The molecule has 0 unspecified atom stereocenters. The van der Waals surface area contributed by atoms with Crippen LogP contribution in [0.3, 0.4) is 0 Å². The van der Waals surface area contributed by atoms with E-state index in [1.807, 2.05) is 0 Å². The Labute approximate surface area is 387 Å². The Morgan fingerprint density at radius 1 is 0.385 bits per heavy atom. The molecule has 8 aromatic carbocycles. The molecule has 0 saturated heterocycles. The second-order valence-corrected chi connectivity index (χ2v) is 21.7. The van der Waals surface area contributed by atoms with Crippen LogP contribution in [0.4, 0.5) is 17.1 Å². The zero-order valence-corrected chi connectivity index (χ0v) is 38.8. The molecule has 4 aliphatic rings. The van der Waals surface area contributed by atoms with E-state index in [1.165, 1.54) is 89.0 Å². The fourth-order valence-electron chi connectivity index (χ4n) is 11.6. The summed E-state index contributed by atoms with van der Waals surface area (Å²) in [4.78, 5) is 2.49. The van der Waals surface area contributed by atoms with E-state index in [9.17, 15) is 0 Å². The van der Waals surface area contributed by atoms with Crippen LogP contribution >= 0.6 is 0 Å². The zero-order valence-electron chi connectivity index (χ0n) is 38.8. The largest absolute Gasteiger partial charge is 0.310 e. The van der Waals surface area contributed by atoms with Gasteiger partial charge in [0.05, 0.1) is 13.3 Å². The minimum Gasteiger partial charge on any atom is -0.310 e. The van der Waals surface area contributed by atoms with E-state index in [0.717, 1.165) is 22.6 Å². The number of benzene rings is 8. The van der Waals surface area contributed by atoms with Gasteiger partial charge in [-0.25, -0.2) is 0 Å². The Bertz CT molecular complexity index is 3240. The van der Waals surface area contributed by atoms with Gasteiger partial charge in [0.25, 0.3) is 0 Å². The number of hydrogen-bond donors (Lipinski definition) is 0. The predicted molar refractivity (Wildman–Crippen MR) is 274 cm³/mol. The lowest BCUT2D eigenvalue weighted by Gasteiger charge is -2.34. The first-order valence-electron chi connectivity index (χ1n) is 23.4. The Morgan fingerprint density at radius 2 is 0.785 bits per heavy atom. The van der Waals surface area contributed by atoms with Gasteiger partial charge in [-0.3, -0.25) is 0 Å². The van der Waals surface area contributed by atoms with Crippen LogP contribution in [0.25, 0.3) is 44.5 Å². The number of allylic oxidation sites excluding steroid dienone is 2. The minimum atomic E-state index is -0.503. The molecule has 2 radical (unpaired) electrons. The van der Waals surface area contributed by atoms with Gasteiger partial charge in [-0.1, -0.05) is 201 Å². The summed E-state index contributed by atoms with van der Waals surface area (Å²) < 4.78 is 0. The van der Waals surface area contributed by atoms with Crippen LogP contribution in [-0.4, -0.2) is 7.85 Å². The standard InChI is InChI=1S/C63H54BN/c1-59(2,3)42-23-29-50-51-30-24-43(60(4,5)6)36-57(51)63(56(50)35-42)54-16-12-10-14-48(54)52-32-28-46(38-58(52)63)65(45-27-31-49-47-13-9-11-15-53(47)61(7,8)55(49)37-45)44-25-19-40(20-26-44)39-17-21-41(22-18-39)62(64)33-34-62/h9-38H,1-8H3. The van der Waals surface area contributed by atoms with Gasteiger partial charge >= 0.3 is 0 Å². The SMILES string of the molecule is [B]C1(c2ccc(-c3ccc(N(c4ccc5c(c4)C(C)(C)c4ccccc4-5)c4ccc5c(c4)C4(c6ccccc6-5)c5cc(C(C)(C)C)ccc5-c5ccc(C(C)(C)C)cc54)cc3)cc2)C=C1. The molecule has 0 heterocycles. The van der Waals surface area contributed by atoms with Crippen molar-refractivity contribution < 1.29 is 0 Å². The summed E-state index contributed by atoms with van der Waals surface area (Å²) in [6.45, 7) is 18.8.